The van der Waals surface area contributed by atoms with Crippen molar-refractivity contribution in [2.45, 2.75) is 11.7 Å². The molecule has 1 aromatic carbocycles. The second-order valence-corrected chi connectivity index (χ2v) is 5.73. The average Bonchev–Trinajstić information content (AvgIpc) is 2.11. The molecule has 0 spiro atoms. The summed E-state index contributed by atoms with van der Waals surface area (Å²) in [6.07, 6.45) is 0. The Bertz CT molecular complexity index is 511. The summed E-state index contributed by atoms with van der Waals surface area (Å²) < 4.78 is 23.3. The van der Waals surface area contributed by atoms with Crippen molar-refractivity contribution < 1.29 is 8.42 Å². The molecule has 0 saturated heterocycles. The Morgan fingerprint density at radius 2 is 1.67 bits per heavy atom. The molecule has 0 fully saturated rings. The van der Waals surface area contributed by atoms with Gasteiger partial charge < -0.3 is 0 Å². The normalized spacial score (nSPS) is 11.7. The molecule has 15 heavy (non-hydrogen) atoms. The van der Waals surface area contributed by atoms with E-state index in [1.165, 1.54) is 19.1 Å². The van der Waals surface area contributed by atoms with E-state index < -0.39 is 9.84 Å². The fourth-order valence-corrected chi connectivity index (χ4v) is 3.03. The second-order valence-electron chi connectivity index (χ2n) is 2.71. The van der Waals surface area contributed by atoms with E-state index in [0.29, 0.717) is 0 Å². The van der Waals surface area contributed by atoms with Gasteiger partial charge in [0.1, 0.15) is 0 Å². The summed E-state index contributed by atoms with van der Waals surface area (Å²) in [5.41, 5.74) is 0. The summed E-state index contributed by atoms with van der Waals surface area (Å²) in [5, 5.41) is 1.49. The molecular weight excluding hydrogens is 277 g/mol. The molecule has 0 N–H and O–H groups in total. The minimum absolute atomic E-state index is 0.0448. The van der Waals surface area contributed by atoms with Crippen LogP contribution in [0.15, 0.2) is 17.0 Å². The van der Waals surface area contributed by atoms with Gasteiger partial charge in [-0.25, -0.2) is 0 Å². The molecule has 0 bridgehead atoms. The van der Waals surface area contributed by atoms with Crippen molar-refractivity contribution in [3.05, 3.63) is 27.2 Å². The molecule has 0 aliphatic rings. The Hall–Kier alpha value is -0.0251. The fraction of sp³-hybridized carbons (Fsp3) is 0.125. The molecule has 80 valence electrons. The Balaban J connectivity index is 3.46. The standard InChI is InChI=1S/C8H6BCl3O2S/c1-9-4-15(13,14)8-3-6(11)5(10)2-7(8)12/h2-4H,1H3. The van der Waals surface area contributed by atoms with Crippen LogP contribution < -0.4 is 0 Å². The van der Waals surface area contributed by atoms with Gasteiger partial charge in [-0.3, -0.25) is 0 Å². The topological polar surface area (TPSA) is 34.1 Å². The van der Waals surface area contributed by atoms with Crippen LogP contribution in [0.4, 0.5) is 0 Å². The summed E-state index contributed by atoms with van der Waals surface area (Å²) in [7, 11) is -3.54. The van der Waals surface area contributed by atoms with E-state index in [1.807, 2.05) is 0 Å². The molecule has 1 rings (SSSR count). The summed E-state index contributed by atoms with van der Waals surface area (Å²) in [4.78, 5) is -0.0448. The maximum atomic E-state index is 11.6. The first kappa shape index (κ1) is 13.0. The molecule has 0 heterocycles. The van der Waals surface area contributed by atoms with Crippen LogP contribution >= 0.6 is 34.8 Å². The van der Waals surface area contributed by atoms with Gasteiger partial charge in [-0.05, 0) is 0 Å². The SMILES string of the molecule is CB=CS(=O)(=O)c1cc(Cl)c(Cl)cc1Cl. The van der Waals surface area contributed by atoms with Crippen LogP contribution in [0.3, 0.4) is 0 Å². The number of sulfone groups is 1. The van der Waals surface area contributed by atoms with E-state index in [0.717, 1.165) is 5.30 Å². The molecule has 0 amide bonds. The van der Waals surface area contributed by atoms with Gasteiger partial charge in [-0.1, -0.05) is 0 Å². The van der Waals surface area contributed by atoms with Gasteiger partial charge >= 0.3 is 104 Å². The second kappa shape index (κ2) is 4.87. The predicted octanol–water partition coefficient (Wildman–Crippen LogP) is 2.93. The van der Waals surface area contributed by atoms with Gasteiger partial charge in [-0.15, -0.1) is 0 Å². The van der Waals surface area contributed by atoms with E-state index in [1.54, 1.807) is 6.82 Å². The summed E-state index contributed by atoms with van der Waals surface area (Å²) in [6.45, 7) is 3.01. The first-order chi connectivity index (χ1) is 6.88. The van der Waals surface area contributed by atoms with Crippen molar-refractivity contribution >= 4 is 56.9 Å². The Morgan fingerprint density at radius 3 is 2.20 bits per heavy atom. The molecule has 1 aromatic rings. The molecule has 0 saturated carbocycles. The van der Waals surface area contributed by atoms with Gasteiger partial charge in [0.2, 0.25) is 0 Å². The predicted molar refractivity (Wildman–Crippen MR) is 66.3 cm³/mol. The number of hydrogen-bond acceptors (Lipinski definition) is 2. The first-order valence-corrected chi connectivity index (χ1v) is 6.59. The monoisotopic (exact) mass is 282 g/mol. The Morgan fingerprint density at radius 1 is 1.13 bits per heavy atom. The third-order valence-corrected chi connectivity index (χ3v) is 4.32. The third kappa shape index (κ3) is 2.97. The molecule has 0 radical (unpaired) electrons. The molecule has 0 aromatic heterocycles. The summed E-state index contributed by atoms with van der Waals surface area (Å²) in [6, 6.07) is 2.55. The number of halogens is 3. The quantitative estimate of drug-likeness (QED) is 0.618. The zero-order chi connectivity index (χ0) is 11.6. The van der Waals surface area contributed by atoms with Crippen molar-refractivity contribution in [3.8, 4) is 0 Å². The Kier molecular flexibility index (Phi) is 4.24. The zero-order valence-electron chi connectivity index (χ0n) is 7.67. The number of benzene rings is 1. The minimum atomic E-state index is -3.54. The number of hydrogen-bond donors (Lipinski definition) is 0. The van der Waals surface area contributed by atoms with E-state index in [9.17, 15) is 8.42 Å². The van der Waals surface area contributed by atoms with Crippen LogP contribution in [0.25, 0.3) is 0 Å². The van der Waals surface area contributed by atoms with Crippen LogP contribution in [0.2, 0.25) is 21.9 Å². The molecular formula is C8H6BCl3O2S. The molecule has 0 unspecified atom stereocenters. The van der Waals surface area contributed by atoms with Gasteiger partial charge in [0, 0.05) is 0 Å². The van der Waals surface area contributed by atoms with Gasteiger partial charge in [-0.2, -0.15) is 0 Å². The van der Waals surface area contributed by atoms with E-state index in [2.05, 4.69) is 0 Å². The summed E-state index contributed by atoms with van der Waals surface area (Å²) in [5.74, 6) is 0. The molecule has 2 nitrogen and oxygen atoms in total. The van der Waals surface area contributed by atoms with Crippen molar-refractivity contribution in [3.63, 3.8) is 0 Å². The first-order valence-electron chi connectivity index (χ1n) is 3.91. The molecule has 0 aliphatic carbocycles. The summed E-state index contributed by atoms with van der Waals surface area (Å²) >= 11 is 17.2. The third-order valence-electron chi connectivity index (χ3n) is 1.60. The van der Waals surface area contributed by atoms with Gasteiger partial charge in [0.05, 0.1) is 0 Å². The van der Waals surface area contributed by atoms with E-state index >= 15 is 0 Å². The van der Waals surface area contributed by atoms with Crippen molar-refractivity contribution in [2.75, 3.05) is 0 Å². The molecule has 0 aliphatic heterocycles. The van der Waals surface area contributed by atoms with Crippen molar-refractivity contribution in [2.24, 2.45) is 0 Å². The van der Waals surface area contributed by atoms with Gasteiger partial charge in [0.25, 0.3) is 0 Å². The maximum absolute atomic E-state index is 11.6. The number of rotatable bonds is 2. The van der Waals surface area contributed by atoms with Gasteiger partial charge in [0.15, 0.2) is 0 Å². The van der Waals surface area contributed by atoms with Crippen molar-refractivity contribution in [1.29, 1.82) is 0 Å². The van der Waals surface area contributed by atoms with Crippen LogP contribution in [-0.2, 0) is 9.84 Å². The zero-order valence-corrected chi connectivity index (χ0v) is 10.8. The van der Waals surface area contributed by atoms with Crippen LogP contribution in [0, 0.1) is 0 Å². The van der Waals surface area contributed by atoms with Crippen LogP contribution in [0.5, 0.6) is 0 Å². The Labute approximate surface area is 104 Å². The van der Waals surface area contributed by atoms with Crippen LogP contribution in [0.1, 0.15) is 0 Å². The van der Waals surface area contributed by atoms with Crippen molar-refractivity contribution in [1.82, 2.24) is 0 Å². The molecule has 0 atom stereocenters. The molecule has 7 heteroatoms. The van der Waals surface area contributed by atoms with E-state index in [-0.39, 0.29) is 20.0 Å². The fourth-order valence-electron chi connectivity index (χ4n) is 0.975. The average molecular weight is 283 g/mol. The van der Waals surface area contributed by atoms with E-state index in [4.69, 9.17) is 34.8 Å². The van der Waals surface area contributed by atoms with Crippen LogP contribution in [-0.4, -0.2) is 20.6 Å².